The smallest absolute Gasteiger partial charge is 0.311 e. The molecule has 3 aliphatic rings. The maximum absolute atomic E-state index is 12.2. The lowest BCUT2D eigenvalue weighted by Crippen LogP contribution is -2.35. The summed E-state index contributed by atoms with van der Waals surface area (Å²) < 4.78 is 5.47. The van der Waals surface area contributed by atoms with E-state index >= 15 is 0 Å². The van der Waals surface area contributed by atoms with E-state index in [-0.39, 0.29) is 17.8 Å². The van der Waals surface area contributed by atoms with Crippen LogP contribution >= 0.6 is 0 Å². The molecule has 116 valence electrons. The largest absolute Gasteiger partial charge is 0.465 e. The molecular formula is C17H25NO3. The predicted octanol–water partition coefficient (Wildman–Crippen LogP) is 2.68. The van der Waals surface area contributed by atoms with Crippen molar-refractivity contribution in [2.24, 2.45) is 11.8 Å². The molecule has 2 atom stereocenters. The summed E-state index contributed by atoms with van der Waals surface area (Å²) in [5.74, 6) is 0.196. The van der Waals surface area contributed by atoms with Gasteiger partial charge >= 0.3 is 5.97 Å². The van der Waals surface area contributed by atoms with E-state index in [0.29, 0.717) is 31.5 Å². The summed E-state index contributed by atoms with van der Waals surface area (Å²) in [5.41, 5.74) is 0. The molecule has 2 fully saturated rings. The highest BCUT2D eigenvalue weighted by Crippen LogP contribution is 2.30. The first-order valence-electron chi connectivity index (χ1n) is 8.35. The van der Waals surface area contributed by atoms with Crippen molar-refractivity contribution < 1.29 is 14.3 Å². The lowest BCUT2D eigenvalue weighted by atomic mass is 9.95. The van der Waals surface area contributed by atoms with Crippen molar-refractivity contribution in [3.63, 3.8) is 0 Å². The molecule has 4 nitrogen and oxygen atoms in total. The third-order valence-corrected chi connectivity index (χ3v) is 5.10. The van der Waals surface area contributed by atoms with Crippen LogP contribution in [0.5, 0.6) is 0 Å². The summed E-state index contributed by atoms with van der Waals surface area (Å²) in [6.07, 6.45) is 12.5. The van der Waals surface area contributed by atoms with E-state index in [1.54, 1.807) is 0 Å². The van der Waals surface area contributed by atoms with Gasteiger partial charge in [0, 0.05) is 19.0 Å². The standard InChI is InChI=1S/C17H25NO3/c19-16-10-14(11-18(16)15-8-4-5-9-15)17(20)21-12-13-6-2-1-3-7-13/h1-2,13-15H,3-12H2. The van der Waals surface area contributed by atoms with E-state index in [2.05, 4.69) is 12.2 Å². The Labute approximate surface area is 126 Å². The fourth-order valence-corrected chi connectivity index (χ4v) is 3.78. The van der Waals surface area contributed by atoms with Crippen LogP contribution in [0.1, 0.15) is 51.4 Å². The van der Waals surface area contributed by atoms with Crippen molar-refractivity contribution in [1.29, 1.82) is 0 Å². The van der Waals surface area contributed by atoms with Crippen molar-refractivity contribution in [1.82, 2.24) is 4.90 Å². The number of esters is 1. The minimum absolute atomic E-state index is 0.143. The number of allylic oxidation sites excluding steroid dienone is 2. The second-order valence-corrected chi connectivity index (χ2v) is 6.67. The minimum atomic E-state index is -0.239. The molecular weight excluding hydrogens is 266 g/mol. The van der Waals surface area contributed by atoms with Crippen molar-refractivity contribution in [2.45, 2.75) is 57.4 Å². The molecule has 1 saturated heterocycles. The van der Waals surface area contributed by atoms with Gasteiger partial charge < -0.3 is 9.64 Å². The zero-order valence-electron chi connectivity index (χ0n) is 12.6. The molecule has 21 heavy (non-hydrogen) atoms. The van der Waals surface area contributed by atoms with Crippen LogP contribution in [0.2, 0.25) is 0 Å². The second-order valence-electron chi connectivity index (χ2n) is 6.67. The molecule has 3 rings (SSSR count). The number of nitrogens with zero attached hydrogens (tertiary/aromatic N) is 1. The quantitative estimate of drug-likeness (QED) is 0.591. The molecule has 2 aliphatic carbocycles. The van der Waals surface area contributed by atoms with Gasteiger partial charge in [-0.1, -0.05) is 25.0 Å². The van der Waals surface area contributed by atoms with Gasteiger partial charge in [0.1, 0.15) is 0 Å². The van der Waals surface area contributed by atoms with Crippen molar-refractivity contribution in [3.8, 4) is 0 Å². The highest BCUT2D eigenvalue weighted by atomic mass is 16.5. The molecule has 0 radical (unpaired) electrons. The average Bonchev–Trinajstić information content (AvgIpc) is 3.15. The van der Waals surface area contributed by atoms with Gasteiger partial charge in [0.15, 0.2) is 0 Å². The van der Waals surface area contributed by atoms with Crippen molar-refractivity contribution in [2.75, 3.05) is 13.2 Å². The molecule has 0 aromatic heterocycles. The van der Waals surface area contributed by atoms with Crippen molar-refractivity contribution >= 4 is 11.9 Å². The Hall–Kier alpha value is -1.32. The maximum Gasteiger partial charge on any atom is 0.311 e. The molecule has 1 heterocycles. The molecule has 0 aromatic rings. The van der Waals surface area contributed by atoms with Gasteiger partial charge in [-0.25, -0.2) is 0 Å². The van der Waals surface area contributed by atoms with E-state index in [9.17, 15) is 9.59 Å². The van der Waals surface area contributed by atoms with E-state index in [1.807, 2.05) is 4.90 Å². The first kappa shape index (κ1) is 14.6. The summed E-state index contributed by atoms with van der Waals surface area (Å²) in [6, 6.07) is 0.374. The van der Waals surface area contributed by atoms with Crippen LogP contribution in [0, 0.1) is 11.8 Å². The first-order valence-corrected chi connectivity index (χ1v) is 8.35. The van der Waals surface area contributed by atoms with Crippen LogP contribution in [0.4, 0.5) is 0 Å². The van der Waals surface area contributed by atoms with Gasteiger partial charge in [-0.05, 0) is 38.0 Å². The predicted molar refractivity (Wildman–Crippen MR) is 79.5 cm³/mol. The lowest BCUT2D eigenvalue weighted by Gasteiger charge is -2.24. The minimum Gasteiger partial charge on any atom is -0.465 e. The number of likely N-dealkylation sites (tertiary alicyclic amines) is 1. The lowest BCUT2D eigenvalue weighted by molar-refractivity contribution is -0.149. The Bertz CT molecular complexity index is 426. The third kappa shape index (κ3) is 3.47. The molecule has 4 heteroatoms. The Kier molecular flexibility index (Phi) is 4.61. The number of amides is 1. The summed E-state index contributed by atoms with van der Waals surface area (Å²) in [6.45, 7) is 1.09. The number of hydrogen-bond donors (Lipinski definition) is 0. The van der Waals surface area contributed by atoms with Gasteiger partial charge in [0.2, 0.25) is 5.91 Å². The molecule has 1 aliphatic heterocycles. The zero-order valence-corrected chi connectivity index (χ0v) is 12.6. The third-order valence-electron chi connectivity index (χ3n) is 5.10. The van der Waals surface area contributed by atoms with Crippen LogP contribution < -0.4 is 0 Å². The Balaban J connectivity index is 1.46. The highest BCUT2D eigenvalue weighted by molar-refractivity contribution is 5.87. The first-order chi connectivity index (χ1) is 10.2. The van der Waals surface area contributed by atoms with Crippen LogP contribution in [0.3, 0.4) is 0 Å². The zero-order chi connectivity index (χ0) is 14.7. The summed E-state index contributed by atoms with van der Waals surface area (Å²) in [5, 5.41) is 0. The molecule has 0 spiro atoms. The number of carbonyl (C=O) groups is 2. The molecule has 1 saturated carbocycles. The normalized spacial score (nSPS) is 30.1. The second kappa shape index (κ2) is 6.63. The van der Waals surface area contributed by atoms with Gasteiger partial charge in [-0.15, -0.1) is 0 Å². The molecule has 1 amide bonds. The SMILES string of the molecule is O=C(OCC1CC=CCC1)C1CC(=O)N(C2CCCC2)C1. The molecule has 0 aromatic carbocycles. The topological polar surface area (TPSA) is 46.6 Å². The molecule has 0 N–H and O–H groups in total. The Morgan fingerprint density at radius 2 is 2.05 bits per heavy atom. The van der Waals surface area contributed by atoms with Gasteiger partial charge in [0.25, 0.3) is 0 Å². The highest BCUT2D eigenvalue weighted by Gasteiger charge is 2.39. The van der Waals surface area contributed by atoms with Gasteiger partial charge in [0.05, 0.1) is 12.5 Å². The van der Waals surface area contributed by atoms with Gasteiger partial charge in [-0.3, -0.25) is 9.59 Å². The van der Waals surface area contributed by atoms with E-state index in [0.717, 1.165) is 32.1 Å². The number of hydrogen-bond acceptors (Lipinski definition) is 3. The summed E-state index contributed by atoms with van der Waals surface area (Å²) in [4.78, 5) is 26.2. The Morgan fingerprint density at radius 1 is 1.24 bits per heavy atom. The van der Waals surface area contributed by atoms with E-state index < -0.39 is 0 Å². The van der Waals surface area contributed by atoms with Gasteiger partial charge in [-0.2, -0.15) is 0 Å². The van der Waals surface area contributed by atoms with E-state index in [1.165, 1.54) is 12.8 Å². The monoisotopic (exact) mass is 291 g/mol. The Morgan fingerprint density at radius 3 is 2.76 bits per heavy atom. The number of ether oxygens (including phenoxy) is 1. The summed E-state index contributed by atoms with van der Waals surface area (Å²) >= 11 is 0. The number of rotatable bonds is 4. The molecule has 0 bridgehead atoms. The maximum atomic E-state index is 12.2. The van der Waals surface area contributed by atoms with Crippen LogP contribution in [0.15, 0.2) is 12.2 Å². The van der Waals surface area contributed by atoms with Crippen LogP contribution in [0.25, 0.3) is 0 Å². The molecule has 2 unspecified atom stereocenters. The average molecular weight is 291 g/mol. The van der Waals surface area contributed by atoms with Crippen LogP contribution in [-0.4, -0.2) is 36.0 Å². The van der Waals surface area contributed by atoms with E-state index in [4.69, 9.17) is 4.74 Å². The van der Waals surface area contributed by atoms with Crippen molar-refractivity contribution in [3.05, 3.63) is 12.2 Å². The fourth-order valence-electron chi connectivity index (χ4n) is 3.78. The fraction of sp³-hybridized carbons (Fsp3) is 0.765. The number of carbonyl (C=O) groups excluding carboxylic acids is 2. The summed E-state index contributed by atoms with van der Waals surface area (Å²) in [7, 11) is 0. The van der Waals surface area contributed by atoms with Crippen LogP contribution in [-0.2, 0) is 14.3 Å².